The molecule has 3 aromatic rings. The fraction of sp³-hybridized carbons (Fsp3) is 0.176. The van der Waals surface area contributed by atoms with Crippen molar-refractivity contribution in [2.45, 2.75) is 12.4 Å². The summed E-state index contributed by atoms with van der Waals surface area (Å²) >= 11 is 0. The number of hydrogen-bond acceptors (Lipinski definition) is 6. The van der Waals surface area contributed by atoms with Gasteiger partial charge in [-0.05, 0) is 18.2 Å². The normalized spacial score (nSPS) is 12.1. The quantitative estimate of drug-likeness (QED) is 0.500. The van der Waals surface area contributed by atoms with Crippen molar-refractivity contribution < 1.29 is 41.0 Å². The molecule has 13 heteroatoms. The Bertz CT molecular complexity index is 1110. The molecule has 0 amide bonds. The van der Waals surface area contributed by atoms with Gasteiger partial charge in [0, 0.05) is 6.20 Å². The van der Waals surface area contributed by atoms with Gasteiger partial charge in [-0.1, -0.05) is 6.07 Å². The third kappa shape index (κ3) is 3.90. The van der Waals surface area contributed by atoms with E-state index in [1.807, 2.05) is 0 Å². The largest absolute Gasteiger partial charge is 0.493 e. The van der Waals surface area contributed by atoms with Crippen LogP contribution in [-0.4, -0.2) is 37.9 Å². The van der Waals surface area contributed by atoms with E-state index in [4.69, 9.17) is 0 Å². The maximum atomic E-state index is 13.5. The number of esters is 1. The highest BCUT2D eigenvalue weighted by atomic mass is 19.4. The Morgan fingerprint density at radius 2 is 1.80 bits per heavy atom. The summed E-state index contributed by atoms with van der Waals surface area (Å²) < 4.78 is 84.0. The van der Waals surface area contributed by atoms with Gasteiger partial charge in [-0.15, -0.1) is 0 Å². The van der Waals surface area contributed by atoms with Crippen molar-refractivity contribution in [2.24, 2.45) is 0 Å². The van der Waals surface area contributed by atoms with Crippen LogP contribution >= 0.6 is 0 Å². The molecular weight excluding hydrogens is 422 g/mol. The molecule has 30 heavy (non-hydrogen) atoms. The summed E-state index contributed by atoms with van der Waals surface area (Å²) in [4.78, 5) is 18.7. The number of rotatable bonds is 3. The summed E-state index contributed by atoms with van der Waals surface area (Å²) in [6, 6.07) is 4.00. The first-order valence-electron chi connectivity index (χ1n) is 7.91. The van der Waals surface area contributed by atoms with Crippen LogP contribution in [0.3, 0.4) is 0 Å². The molecule has 3 heterocycles. The summed E-state index contributed by atoms with van der Waals surface area (Å²) in [6.07, 6.45) is -8.77. The lowest BCUT2D eigenvalue weighted by atomic mass is 10.1. The number of carbonyl (C=O) groups is 1. The van der Waals surface area contributed by atoms with Gasteiger partial charge in [0.25, 0.3) is 0 Å². The molecule has 0 bridgehead atoms. The molecule has 0 unspecified atom stereocenters. The third-order valence-corrected chi connectivity index (χ3v) is 3.86. The topological polar surface area (TPSA) is 90.1 Å². The summed E-state index contributed by atoms with van der Waals surface area (Å²) in [7, 11) is 0.891. The van der Waals surface area contributed by atoms with Crippen molar-refractivity contribution in [1.29, 1.82) is 0 Å². The molecule has 0 atom stereocenters. The Morgan fingerprint density at radius 3 is 2.40 bits per heavy atom. The summed E-state index contributed by atoms with van der Waals surface area (Å²) in [6.45, 7) is 0. The Balaban J connectivity index is 2.17. The van der Waals surface area contributed by atoms with Gasteiger partial charge in [0.2, 0.25) is 5.88 Å². The van der Waals surface area contributed by atoms with E-state index < -0.39 is 52.4 Å². The van der Waals surface area contributed by atoms with Crippen molar-refractivity contribution in [3.05, 3.63) is 53.5 Å². The zero-order valence-electron chi connectivity index (χ0n) is 14.8. The lowest BCUT2D eigenvalue weighted by Crippen LogP contribution is -2.18. The maximum Gasteiger partial charge on any atom is 0.434 e. The molecule has 0 fully saturated rings. The highest BCUT2D eigenvalue weighted by molar-refractivity contribution is 5.90. The zero-order valence-corrected chi connectivity index (χ0v) is 14.8. The second-order valence-corrected chi connectivity index (χ2v) is 5.78. The van der Waals surface area contributed by atoms with Gasteiger partial charge in [0.1, 0.15) is 5.56 Å². The molecule has 0 saturated carbocycles. The molecule has 3 aromatic heterocycles. The lowest BCUT2D eigenvalue weighted by molar-refractivity contribution is -0.143. The van der Waals surface area contributed by atoms with Gasteiger partial charge < -0.3 is 9.84 Å². The Kier molecular flexibility index (Phi) is 5.14. The Morgan fingerprint density at radius 1 is 1.10 bits per heavy atom. The van der Waals surface area contributed by atoms with Crippen LogP contribution in [0.4, 0.5) is 26.3 Å². The number of aromatic nitrogens is 4. The van der Waals surface area contributed by atoms with Crippen LogP contribution in [-0.2, 0) is 17.1 Å². The standard InChI is InChI=1S/C17H10F6N4O3/c1-30-15(29)10-7-25-27(13(10)17(21,22)23)12-4-2-3-11(26-12)9-5-8(16(18,19)20)6-24-14(9)28/h2-7H,1H3,(H,24,28). The Labute approximate surface area is 163 Å². The van der Waals surface area contributed by atoms with Crippen molar-refractivity contribution >= 4 is 5.97 Å². The highest BCUT2D eigenvalue weighted by Crippen LogP contribution is 2.36. The van der Waals surface area contributed by atoms with Crippen LogP contribution in [0.25, 0.3) is 17.1 Å². The number of hydrogen-bond donors (Lipinski definition) is 1. The molecule has 1 N–H and O–H groups in total. The van der Waals surface area contributed by atoms with Crippen LogP contribution in [0.15, 0.2) is 36.7 Å². The van der Waals surface area contributed by atoms with E-state index in [1.165, 1.54) is 12.1 Å². The van der Waals surface area contributed by atoms with Gasteiger partial charge in [0.05, 0.1) is 30.1 Å². The van der Waals surface area contributed by atoms with Crippen molar-refractivity contribution in [2.75, 3.05) is 7.11 Å². The molecular formula is C17H10F6N4O3. The van der Waals surface area contributed by atoms with E-state index in [0.29, 0.717) is 23.1 Å². The number of aromatic hydroxyl groups is 1. The minimum absolute atomic E-state index is 0.299. The second kappa shape index (κ2) is 7.31. The second-order valence-electron chi connectivity index (χ2n) is 5.78. The first-order valence-corrected chi connectivity index (χ1v) is 7.91. The molecule has 0 saturated heterocycles. The number of ether oxygens (including phenoxy) is 1. The number of halogens is 6. The van der Waals surface area contributed by atoms with Gasteiger partial charge in [-0.25, -0.2) is 19.4 Å². The molecule has 3 rings (SSSR count). The molecule has 0 aliphatic rings. The summed E-state index contributed by atoms with van der Waals surface area (Å²) in [5.41, 5.74) is -4.30. The van der Waals surface area contributed by atoms with E-state index in [0.717, 1.165) is 13.2 Å². The first-order chi connectivity index (χ1) is 13.9. The number of carbonyl (C=O) groups excluding carboxylic acids is 1. The fourth-order valence-electron chi connectivity index (χ4n) is 2.55. The average Bonchev–Trinajstić information content (AvgIpc) is 3.12. The predicted molar refractivity (Wildman–Crippen MR) is 87.6 cm³/mol. The van der Waals surface area contributed by atoms with Gasteiger partial charge in [0.15, 0.2) is 11.5 Å². The van der Waals surface area contributed by atoms with Crippen LogP contribution < -0.4 is 0 Å². The van der Waals surface area contributed by atoms with Gasteiger partial charge >= 0.3 is 18.3 Å². The van der Waals surface area contributed by atoms with Crippen LogP contribution in [0.2, 0.25) is 0 Å². The predicted octanol–water partition coefficient (Wildman–Crippen LogP) is 3.86. The summed E-state index contributed by atoms with van der Waals surface area (Å²) in [5, 5.41) is 13.3. The highest BCUT2D eigenvalue weighted by Gasteiger charge is 2.41. The minimum Gasteiger partial charge on any atom is -0.493 e. The lowest BCUT2D eigenvalue weighted by Gasteiger charge is -2.13. The smallest absolute Gasteiger partial charge is 0.434 e. The van der Waals surface area contributed by atoms with Crippen molar-refractivity contribution in [3.63, 3.8) is 0 Å². The van der Waals surface area contributed by atoms with E-state index in [-0.39, 0.29) is 5.69 Å². The van der Waals surface area contributed by atoms with Crippen LogP contribution in [0, 0.1) is 0 Å². The number of nitrogens with zero attached hydrogens (tertiary/aromatic N) is 4. The van der Waals surface area contributed by atoms with E-state index in [2.05, 4.69) is 19.8 Å². The molecule has 0 aromatic carbocycles. The molecule has 0 aliphatic carbocycles. The van der Waals surface area contributed by atoms with E-state index in [1.54, 1.807) is 0 Å². The summed E-state index contributed by atoms with van der Waals surface area (Å²) in [5.74, 6) is -2.56. The molecule has 7 nitrogen and oxygen atoms in total. The molecule has 158 valence electrons. The number of alkyl halides is 6. The molecule has 0 radical (unpaired) electrons. The van der Waals surface area contributed by atoms with E-state index >= 15 is 0 Å². The fourth-order valence-corrected chi connectivity index (χ4v) is 2.55. The molecule has 0 spiro atoms. The third-order valence-electron chi connectivity index (χ3n) is 3.86. The van der Waals surface area contributed by atoms with Crippen LogP contribution in [0.5, 0.6) is 5.88 Å². The minimum atomic E-state index is -5.03. The SMILES string of the molecule is COC(=O)c1cnn(-c2cccc(-c3cc(C(F)(F)F)cnc3O)n2)c1C(F)(F)F. The number of pyridine rings is 2. The first kappa shape index (κ1) is 21.1. The van der Waals surface area contributed by atoms with Gasteiger partial charge in [-0.2, -0.15) is 31.4 Å². The Hall–Kier alpha value is -3.64. The van der Waals surface area contributed by atoms with E-state index in [9.17, 15) is 36.2 Å². The van der Waals surface area contributed by atoms with Crippen LogP contribution in [0.1, 0.15) is 21.6 Å². The zero-order chi connectivity index (χ0) is 22.3. The van der Waals surface area contributed by atoms with Crippen molar-refractivity contribution in [3.8, 4) is 23.0 Å². The monoisotopic (exact) mass is 432 g/mol. The maximum absolute atomic E-state index is 13.5. The van der Waals surface area contributed by atoms with Crippen molar-refractivity contribution in [1.82, 2.24) is 19.7 Å². The number of methoxy groups -OCH3 is 1. The molecule has 0 aliphatic heterocycles. The average molecular weight is 432 g/mol. The van der Waals surface area contributed by atoms with Gasteiger partial charge in [-0.3, -0.25) is 0 Å².